The van der Waals surface area contributed by atoms with Crippen LogP contribution in [0.2, 0.25) is 5.02 Å². The van der Waals surface area contributed by atoms with Gasteiger partial charge in [0, 0.05) is 31.8 Å². The number of anilines is 1. The van der Waals surface area contributed by atoms with Crippen molar-refractivity contribution in [1.82, 2.24) is 5.32 Å². The van der Waals surface area contributed by atoms with Gasteiger partial charge in [0.05, 0.1) is 15.6 Å². The maximum absolute atomic E-state index is 10.5. The molecule has 1 aromatic carbocycles. The van der Waals surface area contributed by atoms with Crippen molar-refractivity contribution in [3.05, 3.63) is 33.3 Å². The molecule has 1 aromatic rings. The molecule has 1 aliphatic heterocycles. The molecule has 92 valence electrons. The van der Waals surface area contributed by atoms with Gasteiger partial charge in [-0.3, -0.25) is 10.1 Å². The maximum Gasteiger partial charge on any atom is 0.271 e. The van der Waals surface area contributed by atoms with Crippen LogP contribution in [0.15, 0.2) is 18.2 Å². The number of rotatable bonds is 4. The number of β-amino-alcohol motifs (C(OH)–C–C–N with tert-alkyl or cyclic N) is 1. The number of nitrogens with one attached hydrogen (secondary N) is 2. The SMILES string of the molecule is O=[N+]([O-])c1ccc(NCC2(O)CNC2)c(Cl)c1. The fourth-order valence-corrected chi connectivity index (χ4v) is 1.80. The minimum Gasteiger partial charge on any atom is -0.385 e. The molecule has 1 saturated heterocycles. The number of nitrogens with zero attached hydrogens (tertiary/aromatic N) is 1. The Bertz CT molecular complexity index is 448. The lowest BCUT2D eigenvalue weighted by Gasteiger charge is -2.37. The molecule has 6 nitrogen and oxygen atoms in total. The summed E-state index contributed by atoms with van der Waals surface area (Å²) in [5.74, 6) is 0. The highest BCUT2D eigenvalue weighted by Gasteiger charge is 2.33. The summed E-state index contributed by atoms with van der Waals surface area (Å²) in [6.45, 7) is 1.42. The lowest BCUT2D eigenvalue weighted by Crippen LogP contribution is -2.63. The Morgan fingerprint density at radius 3 is 2.76 bits per heavy atom. The molecule has 1 fully saturated rings. The molecule has 0 aromatic heterocycles. The number of halogens is 1. The van der Waals surface area contributed by atoms with Crippen molar-refractivity contribution < 1.29 is 10.0 Å². The van der Waals surface area contributed by atoms with Gasteiger partial charge in [-0.15, -0.1) is 0 Å². The number of hydrogen-bond donors (Lipinski definition) is 3. The Balaban J connectivity index is 2.03. The number of nitro benzene ring substituents is 1. The van der Waals surface area contributed by atoms with Gasteiger partial charge < -0.3 is 15.7 Å². The highest BCUT2D eigenvalue weighted by Crippen LogP contribution is 2.27. The zero-order valence-corrected chi connectivity index (χ0v) is 9.70. The number of nitro groups is 1. The van der Waals surface area contributed by atoms with E-state index in [1.54, 1.807) is 0 Å². The third-order valence-corrected chi connectivity index (χ3v) is 2.99. The molecule has 1 aliphatic rings. The van der Waals surface area contributed by atoms with Crippen molar-refractivity contribution in [2.75, 3.05) is 25.0 Å². The van der Waals surface area contributed by atoms with Gasteiger partial charge >= 0.3 is 0 Å². The molecule has 0 atom stereocenters. The first-order chi connectivity index (χ1) is 8.00. The molecular formula is C10H12ClN3O3. The van der Waals surface area contributed by atoms with Crippen LogP contribution < -0.4 is 10.6 Å². The summed E-state index contributed by atoms with van der Waals surface area (Å²) >= 11 is 5.90. The Hall–Kier alpha value is -1.37. The van der Waals surface area contributed by atoms with Gasteiger partial charge in [-0.05, 0) is 6.07 Å². The van der Waals surface area contributed by atoms with Crippen molar-refractivity contribution >= 4 is 23.0 Å². The summed E-state index contributed by atoms with van der Waals surface area (Å²) in [6.07, 6.45) is 0. The largest absolute Gasteiger partial charge is 0.385 e. The van der Waals surface area contributed by atoms with Crippen LogP contribution in [0.4, 0.5) is 11.4 Å². The Morgan fingerprint density at radius 2 is 2.29 bits per heavy atom. The first kappa shape index (κ1) is 12.1. The number of hydrogen-bond acceptors (Lipinski definition) is 5. The van der Waals surface area contributed by atoms with Crippen molar-refractivity contribution in [3.63, 3.8) is 0 Å². The molecule has 17 heavy (non-hydrogen) atoms. The normalized spacial score (nSPS) is 17.3. The third kappa shape index (κ3) is 2.66. The highest BCUT2D eigenvalue weighted by atomic mass is 35.5. The summed E-state index contributed by atoms with van der Waals surface area (Å²) < 4.78 is 0. The van der Waals surface area contributed by atoms with E-state index in [0.717, 1.165) is 0 Å². The summed E-state index contributed by atoms with van der Waals surface area (Å²) in [5, 5.41) is 26.6. The summed E-state index contributed by atoms with van der Waals surface area (Å²) in [4.78, 5) is 10.0. The zero-order chi connectivity index (χ0) is 12.5. The molecule has 7 heteroatoms. The second kappa shape index (κ2) is 4.48. The number of non-ortho nitro benzene ring substituents is 1. The molecule has 1 heterocycles. The second-order valence-electron chi connectivity index (χ2n) is 4.10. The van der Waals surface area contributed by atoms with Crippen molar-refractivity contribution in [2.24, 2.45) is 0 Å². The van der Waals surface area contributed by atoms with E-state index in [9.17, 15) is 15.2 Å². The van der Waals surface area contributed by atoms with E-state index in [0.29, 0.717) is 25.3 Å². The fourth-order valence-electron chi connectivity index (χ4n) is 1.56. The smallest absolute Gasteiger partial charge is 0.271 e. The van der Waals surface area contributed by atoms with Crippen LogP contribution in [0.25, 0.3) is 0 Å². The molecule has 0 radical (unpaired) electrons. The Kier molecular flexibility index (Phi) is 3.19. The van der Waals surface area contributed by atoms with Gasteiger partial charge in [0.15, 0.2) is 0 Å². The second-order valence-corrected chi connectivity index (χ2v) is 4.51. The van der Waals surface area contributed by atoms with Crippen LogP contribution in [-0.2, 0) is 0 Å². The number of aliphatic hydroxyl groups is 1. The van der Waals surface area contributed by atoms with Gasteiger partial charge in [0.2, 0.25) is 0 Å². The summed E-state index contributed by atoms with van der Waals surface area (Å²) in [5.41, 5.74) is -0.229. The average molecular weight is 258 g/mol. The molecule has 0 spiro atoms. The molecule has 0 saturated carbocycles. The highest BCUT2D eigenvalue weighted by molar-refractivity contribution is 6.33. The topological polar surface area (TPSA) is 87.4 Å². The van der Waals surface area contributed by atoms with Crippen LogP contribution in [0.1, 0.15) is 0 Å². The Labute approximate surface area is 103 Å². The van der Waals surface area contributed by atoms with Crippen LogP contribution in [0, 0.1) is 10.1 Å². The van der Waals surface area contributed by atoms with E-state index in [4.69, 9.17) is 11.6 Å². The fraction of sp³-hybridized carbons (Fsp3) is 0.400. The van der Waals surface area contributed by atoms with Gasteiger partial charge in [-0.1, -0.05) is 11.6 Å². The quantitative estimate of drug-likeness (QED) is 0.553. The standard InChI is InChI=1S/C10H12ClN3O3/c11-8-3-7(14(16)17)1-2-9(8)13-6-10(15)4-12-5-10/h1-3,12-13,15H,4-6H2. The predicted octanol–water partition coefficient (Wildman–Crippen LogP) is 0.994. The summed E-state index contributed by atoms with van der Waals surface area (Å²) in [6, 6.07) is 4.19. The van der Waals surface area contributed by atoms with Gasteiger partial charge in [0.1, 0.15) is 5.60 Å². The van der Waals surface area contributed by atoms with Gasteiger partial charge in [0.25, 0.3) is 5.69 Å². The van der Waals surface area contributed by atoms with E-state index in [2.05, 4.69) is 10.6 Å². The van der Waals surface area contributed by atoms with Gasteiger partial charge in [-0.25, -0.2) is 0 Å². The lowest BCUT2D eigenvalue weighted by molar-refractivity contribution is -0.384. The van der Waals surface area contributed by atoms with Crippen LogP contribution in [0.5, 0.6) is 0 Å². The molecule has 0 aliphatic carbocycles. The molecular weight excluding hydrogens is 246 g/mol. The maximum atomic E-state index is 10.5. The molecule has 0 amide bonds. The van der Waals surface area contributed by atoms with Crippen molar-refractivity contribution in [2.45, 2.75) is 5.60 Å². The molecule has 0 unspecified atom stereocenters. The monoisotopic (exact) mass is 257 g/mol. The minimum atomic E-state index is -0.759. The van der Waals surface area contributed by atoms with E-state index < -0.39 is 10.5 Å². The predicted molar refractivity (Wildman–Crippen MR) is 64.4 cm³/mol. The van der Waals surface area contributed by atoms with Crippen LogP contribution in [-0.4, -0.2) is 35.3 Å². The van der Waals surface area contributed by atoms with Crippen LogP contribution >= 0.6 is 11.6 Å². The van der Waals surface area contributed by atoms with Gasteiger partial charge in [-0.2, -0.15) is 0 Å². The summed E-state index contributed by atoms with van der Waals surface area (Å²) in [7, 11) is 0. The first-order valence-electron chi connectivity index (χ1n) is 5.11. The average Bonchev–Trinajstić information content (AvgIpc) is 2.24. The van der Waals surface area contributed by atoms with Crippen molar-refractivity contribution in [1.29, 1.82) is 0 Å². The Morgan fingerprint density at radius 1 is 1.59 bits per heavy atom. The zero-order valence-electron chi connectivity index (χ0n) is 8.94. The molecule has 3 N–H and O–H groups in total. The first-order valence-corrected chi connectivity index (χ1v) is 5.49. The van der Waals surface area contributed by atoms with E-state index in [-0.39, 0.29) is 10.7 Å². The lowest BCUT2D eigenvalue weighted by atomic mass is 9.97. The van der Waals surface area contributed by atoms with E-state index in [1.807, 2.05) is 0 Å². The third-order valence-electron chi connectivity index (χ3n) is 2.68. The molecule has 2 rings (SSSR count). The van der Waals surface area contributed by atoms with Crippen LogP contribution in [0.3, 0.4) is 0 Å². The molecule has 0 bridgehead atoms. The van der Waals surface area contributed by atoms with E-state index in [1.165, 1.54) is 18.2 Å². The minimum absolute atomic E-state index is 0.0513. The van der Waals surface area contributed by atoms with Crippen molar-refractivity contribution in [3.8, 4) is 0 Å². The van der Waals surface area contributed by atoms with E-state index >= 15 is 0 Å². The number of benzene rings is 1.